The van der Waals surface area contributed by atoms with Gasteiger partial charge >= 0.3 is 0 Å². The number of likely N-dealkylation sites (N-methyl/N-ethyl adjacent to an activating group) is 1. The maximum atomic E-state index is 12.4. The van der Waals surface area contributed by atoms with Crippen LogP contribution in [0.1, 0.15) is 21.5 Å². The zero-order valence-corrected chi connectivity index (χ0v) is 14.7. The number of amides is 1. The molecule has 0 saturated heterocycles. The van der Waals surface area contributed by atoms with Crippen LogP contribution in [0.3, 0.4) is 0 Å². The summed E-state index contributed by atoms with van der Waals surface area (Å²) in [7, 11) is 2.00. The van der Waals surface area contributed by atoms with Gasteiger partial charge in [-0.15, -0.1) is 0 Å². The number of carbonyl (C=O) groups excluding carboxylic acids is 1. The van der Waals surface area contributed by atoms with Crippen molar-refractivity contribution < 1.29 is 4.79 Å². The molecule has 0 radical (unpaired) electrons. The number of hydrogen-bond acceptors (Lipinski definition) is 5. The summed E-state index contributed by atoms with van der Waals surface area (Å²) >= 11 is 0. The highest BCUT2D eigenvalue weighted by molar-refractivity contribution is 5.94. The molecule has 0 saturated carbocycles. The van der Waals surface area contributed by atoms with Crippen LogP contribution in [0.5, 0.6) is 0 Å². The molecule has 0 fully saturated rings. The minimum Gasteiger partial charge on any atom is -0.373 e. The van der Waals surface area contributed by atoms with Crippen molar-refractivity contribution in [3.63, 3.8) is 0 Å². The smallest absolute Gasteiger partial charge is 0.253 e. The van der Waals surface area contributed by atoms with Crippen LogP contribution in [-0.2, 0) is 13.0 Å². The number of pyridine rings is 3. The van der Waals surface area contributed by atoms with Crippen LogP contribution >= 0.6 is 0 Å². The highest BCUT2D eigenvalue weighted by atomic mass is 16.1. The van der Waals surface area contributed by atoms with E-state index in [0.29, 0.717) is 12.1 Å². The first-order valence-corrected chi connectivity index (χ1v) is 8.44. The van der Waals surface area contributed by atoms with Crippen LogP contribution in [0.25, 0.3) is 0 Å². The van der Waals surface area contributed by atoms with Crippen LogP contribution in [0.15, 0.2) is 67.5 Å². The first-order chi connectivity index (χ1) is 12.7. The number of hydrogen-bond donors (Lipinski definition) is 1. The molecule has 1 amide bonds. The molecule has 3 heterocycles. The third-order valence-electron chi connectivity index (χ3n) is 4.09. The lowest BCUT2D eigenvalue weighted by Crippen LogP contribution is -2.24. The number of aromatic nitrogens is 3. The Balaban J connectivity index is 1.59. The Labute approximate surface area is 153 Å². The van der Waals surface area contributed by atoms with Gasteiger partial charge in [-0.1, -0.05) is 6.07 Å². The van der Waals surface area contributed by atoms with Crippen molar-refractivity contribution in [2.45, 2.75) is 13.0 Å². The number of rotatable bonds is 7. The minimum atomic E-state index is -0.147. The van der Waals surface area contributed by atoms with Gasteiger partial charge in [0.05, 0.1) is 17.4 Å². The fourth-order valence-corrected chi connectivity index (χ4v) is 2.52. The zero-order chi connectivity index (χ0) is 18.2. The Bertz CT molecular complexity index is 839. The summed E-state index contributed by atoms with van der Waals surface area (Å²) in [5.41, 5.74) is 3.64. The molecule has 0 bridgehead atoms. The number of anilines is 1. The van der Waals surface area contributed by atoms with E-state index in [1.165, 1.54) is 5.56 Å². The maximum absolute atomic E-state index is 12.4. The SMILES string of the molecule is CN(CCc1ccncc1)c1cncc(C(=O)NCc2cccnc2)c1. The van der Waals surface area contributed by atoms with E-state index in [2.05, 4.69) is 25.2 Å². The van der Waals surface area contributed by atoms with Crippen LogP contribution in [-0.4, -0.2) is 34.5 Å². The van der Waals surface area contributed by atoms with Crippen molar-refractivity contribution in [1.29, 1.82) is 0 Å². The molecule has 0 atom stereocenters. The zero-order valence-electron chi connectivity index (χ0n) is 14.7. The average Bonchev–Trinajstić information content (AvgIpc) is 2.72. The van der Waals surface area contributed by atoms with Crippen molar-refractivity contribution in [3.05, 3.63) is 84.2 Å². The van der Waals surface area contributed by atoms with Crippen molar-refractivity contribution in [1.82, 2.24) is 20.3 Å². The number of carbonyl (C=O) groups is 1. The first kappa shape index (κ1) is 17.5. The van der Waals surface area contributed by atoms with Crippen molar-refractivity contribution in [2.75, 3.05) is 18.5 Å². The molecule has 0 spiro atoms. The largest absolute Gasteiger partial charge is 0.373 e. The van der Waals surface area contributed by atoms with E-state index in [0.717, 1.165) is 24.2 Å². The summed E-state index contributed by atoms with van der Waals surface area (Å²) in [6.07, 6.45) is 11.3. The van der Waals surface area contributed by atoms with Gasteiger partial charge in [-0.25, -0.2) is 0 Å². The number of nitrogens with zero attached hydrogens (tertiary/aromatic N) is 4. The second-order valence-corrected chi connectivity index (χ2v) is 6.00. The summed E-state index contributed by atoms with van der Waals surface area (Å²) in [6.45, 7) is 1.27. The van der Waals surface area contributed by atoms with E-state index in [1.807, 2.05) is 37.4 Å². The first-order valence-electron chi connectivity index (χ1n) is 8.44. The van der Waals surface area contributed by atoms with Gasteiger partial charge in [0.1, 0.15) is 0 Å². The average molecular weight is 347 g/mol. The molecule has 26 heavy (non-hydrogen) atoms. The molecule has 0 unspecified atom stereocenters. The molecule has 0 aromatic carbocycles. The molecule has 132 valence electrons. The number of nitrogens with one attached hydrogen (secondary N) is 1. The van der Waals surface area contributed by atoms with Crippen LogP contribution in [0.4, 0.5) is 5.69 Å². The topological polar surface area (TPSA) is 71.0 Å². The predicted molar refractivity (Wildman–Crippen MR) is 101 cm³/mol. The van der Waals surface area contributed by atoms with Gasteiger partial charge in [0.15, 0.2) is 0 Å². The normalized spacial score (nSPS) is 10.3. The van der Waals surface area contributed by atoms with Crippen molar-refractivity contribution in [2.24, 2.45) is 0 Å². The van der Waals surface area contributed by atoms with Gasteiger partial charge in [-0.2, -0.15) is 0 Å². The van der Waals surface area contributed by atoms with Crippen LogP contribution in [0, 0.1) is 0 Å². The fourth-order valence-electron chi connectivity index (χ4n) is 2.52. The third-order valence-corrected chi connectivity index (χ3v) is 4.09. The maximum Gasteiger partial charge on any atom is 0.253 e. The molecule has 0 aliphatic carbocycles. The van der Waals surface area contributed by atoms with Gasteiger partial charge in [0, 0.05) is 51.1 Å². The van der Waals surface area contributed by atoms with E-state index in [-0.39, 0.29) is 5.91 Å². The Morgan fingerprint density at radius 3 is 2.62 bits per heavy atom. The third kappa shape index (κ3) is 4.86. The van der Waals surface area contributed by atoms with Crippen LogP contribution in [0.2, 0.25) is 0 Å². The van der Waals surface area contributed by atoms with Crippen molar-refractivity contribution in [3.8, 4) is 0 Å². The second-order valence-electron chi connectivity index (χ2n) is 6.00. The summed E-state index contributed by atoms with van der Waals surface area (Å²) < 4.78 is 0. The standard InChI is InChI=1S/C20H21N5O/c1-25(10-6-16-4-8-21-9-5-16)19-11-18(14-23-15-19)20(26)24-13-17-3-2-7-22-12-17/h2-5,7-9,11-12,14-15H,6,10,13H2,1H3,(H,24,26). The molecular formula is C20H21N5O. The Hall–Kier alpha value is -3.28. The Morgan fingerprint density at radius 2 is 1.85 bits per heavy atom. The molecule has 3 aromatic rings. The fraction of sp³-hybridized carbons (Fsp3) is 0.200. The minimum absolute atomic E-state index is 0.147. The van der Waals surface area contributed by atoms with E-state index < -0.39 is 0 Å². The quantitative estimate of drug-likeness (QED) is 0.711. The molecule has 6 nitrogen and oxygen atoms in total. The molecule has 6 heteroatoms. The lowest BCUT2D eigenvalue weighted by molar-refractivity contribution is 0.0950. The van der Waals surface area contributed by atoms with Gasteiger partial charge < -0.3 is 10.2 Å². The second kappa shape index (κ2) is 8.71. The molecule has 1 N–H and O–H groups in total. The summed E-state index contributed by atoms with van der Waals surface area (Å²) in [6, 6.07) is 9.65. The lowest BCUT2D eigenvalue weighted by Gasteiger charge is -2.19. The van der Waals surface area contributed by atoms with Gasteiger partial charge in [-0.05, 0) is 41.8 Å². The molecule has 3 rings (SSSR count). The highest BCUT2D eigenvalue weighted by Crippen LogP contribution is 2.14. The molecule has 0 aliphatic rings. The summed E-state index contributed by atoms with van der Waals surface area (Å²) in [4.78, 5) is 26.7. The highest BCUT2D eigenvalue weighted by Gasteiger charge is 2.09. The van der Waals surface area contributed by atoms with Gasteiger partial charge in [0.25, 0.3) is 5.91 Å². The monoisotopic (exact) mass is 347 g/mol. The van der Waals surface area contributed by atoms with Crippen LogP contribution < -0.4 is 10.2 Å². The Morgan fingerprint density at radius 1 is 1.00 bits per heavy atom. The van der Waals surface area contributed by atoms with Gasteiger partial charge in [0.2, 0.25) is 0 Å². The lowest BCUT2D eigenvalue weighted by atomic mass is 10.2. The van der Waals surface area contributed by atoms with E-state index in [1.54, 1.807) is 37.2 Å². The van der Waals surface area contributed by atoms with Crippen molar-refractivity contribution >= 4 is 11.6 Å². The van der Waals surface area contributed by atoms with E-state index >= 15 is 0 Å². The molecule has 0 aliphatic heterocycles. The Kier molecular flexibility index (Phi) is 5.88. The molecular weight excluding hydrogens is 326 g/mol. The van der Waals surface area contributed by atoms with E-state index in [9.17, 15) is 4.79 Å². The summed E-state index contributed by atoms with van der Waals surface area (Å²) in [5, 5.41) is 2.89. The predicted octanol–water partition coefficient (Wildman–Crippen LogP) is 2.48. The molecule has 3 aromatic heterocycles. The summed E-state index contributed by atoms with van der Waals surface area (Å²) in [5.74, 6) is -0.147. The van der Waals surface area contributed by atoms with Gasteiger partial charge in [-0.3, -0.25) is 19.7 Å². The van der Waals surface area contributed by atoms with E-state index in [4.69, 9.17) is 0 Å².